The molecule has 0 aromatic heterocycles. The first-order valence-corrected chi connectivity index (χ1v) is 8.26. The molecule has 1 aliphatic heterocycles. The van der Waals surface area contributed by atoms with Gasteiger partial charge in [0.1, 0.15) is 0 Å². The summed E-state index contributed by atoms with van der Waals surface area (Å²) in [6, 6.07) is 9.73. The van der Waals surface area contributed by atoms with E-state index in [2.05, 4.69) is 5.32 Å². The molecule has 1 aromatic carbocycles. The zero-order chi connectivity index (χ0) is 16.0. The topological polar surface area (TPSA) is 75.6 Å². The van der Waals surface area contributed by atoms with Crippen LogP contribution >= 0.6 is 11.8 Å². The second-order valence-electron chi connectivity index (χ2n) is 5.47. The molecule has 0 saturated carbocycles. The molecule has 0 bridgehead atoms. The number of benzene rings is 1. The minimum absolute atomic E-state index is 0.106. The first-order valence-electron chi connectivity index (χ1n) is 7.38. The SMILES string of the molecule is CCC(Sc1ccccc1)C(=O)NC1(CC(=O)O)CCOC1. The number of carbonyl (C=O) groups is 2. The molecule has 22 heavy (non-hydrogen) atoms. The molecule has 1 heterocycles. The van der Waals surface area contributed by atoms with E-state index in [1.165, 1.54) is 11.8 Å². The van der Waals surface area contributed by atoms with Gasteiger partial charge in [0.2, 0.25) is 5.91 Å². The summed E-state index contributed by atoms with van der Waals surface area (Å²) in [6.07, 6.45) is 1.11. The average Bonchev–Trinajstić information content (AvgIpc) is 2.92. The number of nitrogens with one attached hydrogen (secondary N) is 1. The van der Waals surface area contributed by atoms with E-state index in [0.717, 1.165) is 4.90 Å². The Balaban J connectivity index is 2.03. The fraction of sp³-hybridized carbons (Fsp3) is 0.500. The molecule has 6 heteroatoms. The van der Waals surface area contributed by atoms with Crippen molar-refractivity contribution in [3.05, 3.63) is 30.3 Å². The van der Waals surface area contributed by atoms with Crippen LogP contribution in [0.1, 0.15) is 26.2 Å². The Kier molecular flexibility index (Phi) is 5.85. The monoisotopic (exact) mass is 323 g/mol. The minimum Gasteiger partial charge on any atom is -0.481 e. The first kappa shape index (κ1) is 16.8. The van der Waals surface area contributed by atoms with Crippen molar-refractivity contribution >= 4 is 23.6 Å². The molecule has 0 radical (unpaired) electrons. The predicted molar refractivity (Wildman–Crippen MR) is 84.9 cm³/mol. The highest BCUT2D eigenvalue weighted by Gasteiger charge is 2.39. The van der Waals surface area contributed by atoms with Gasteiger partial charge >= 0.3 is 5.97 Å². The van der Waals surface area contributed by atoms with Crippen LogP contribution in [0.25, 0.3) is 0 Å². The van der Waals surface area contributed by atoms with Crippen LogP contribution in [0, 0.1) is 0 Å². The van der Waals surface area contributed by atoms with Crippen LogP contribution in [-0.4, -0.2) is 41.0 Å². The van der Waals surface area contributed by atoms with Gasteiger partial charge in [-0.05, 0) is 25.0 Å². The number of carbonyl (C=O) groups excluding carboxylic acids is 1. The maximum atomic E-state index is 12.5. The number of carboxylic acids is 1. The van der Waals surface area contributed by atoms with Gasteiger partial charge in [-0.25, -0.2) is 0 Å². The third-order valence-corrected chi connectivity index (χ3v) is 5.04. The third-order valence-electron chi connectivity index (χ3n) is 3.67. The molecular weight excluding hydrogens is 302 g/mol. The van der Waals surface area contributed by atoms with Gasteiger partial charge < -0.3 is 15.2 Å². The molecule has 1 aliphatic rings. The Morgan fingerprint density at radius 1 is 1.41 bits per heavy atom. The van der Waals surface area contributed by atoms with Crippen LogP contribution < -0.4 is 5.32 Å². The van der Waals surface area contributed by atoms with Crippen LogP contribution in [0.4, 0.5) is 0 Å². The molecule has 2 N–H and O–H groups in total. The van der Waals surface area contributed by atoms with Crippen LogP contribution in [0.2, 0.25) is 0 Å². The van der Waals surface area contributed by atoms with Gasteiger partial charge in [-0.15, -0.1) is 11.8 Å². The number of amides is 1. The summed E-state index contributed by atoms with van der Waals surface area (Å²) in [5.41, 5.74) is -0.770. The number of aliphatic carboxylic acids is 1. The number of rotatable bonds is 7. The Bertz CT molecular complexity index is 514. The molecule has 2 rings (SSSR count). The van der Waals surface area contributed by atoms with Gasteiger partial charge in [-0.1, -0.05) is 25.1 Å². The third kappa shape index (κ3) is 4.48. The summed E-state index contributed by atoms with van der Waals surface area (Å²) in [6.45, 7) is 2.70. The Hall–Kier alpha value is -1.53. The molecule has 5 nitrogen and oxygen atoms in total. The summed E-state index contributed by atoms with van der Waals surface area (Å²) in [5, 5.41) is 11.8. The van der Waals surface area contributed by atoms with Crippen molar-refractivity contribution in [2.75, 3.05) is 13.2 Å². The van der Waals surface area contributed by atoms with Gasteiger partial charge in [0.15, 0.2) is 0 Å². The molecule has 1 fully saturated rings. The van der Waals surface area contributed by atoms with Gasteiger partial charge in [-0.2, -0.15) is 0 Å². The molecule has 0 aliphatic carbocycles. The zero-order valence-electron chi connectivity index (χ0n) is 12.6. The standard InChI is InChI=1S/C16H21NO4S/c1-2-13(22-12-6-4-3-5-7-12)15(20)17-16(10-14(18)19)8-9-21-11-16/h3-7,13H,2,8-11H2,1H3,(H,17,20)(H,18,19). The molecule has 2 atom stereocenters. The lowest BCUT2D eigenvalue weighted by Gasteiger charge is -2.29. The largest absolute Gasteiger partial charge is 0.481 e. The van der Waals surface area contributed by atoms with Crippen molar-refractivity contribution in [1.82, 2.24) is 5.32 Å². The first-order chi connectivity index (χ1) is 10.5. The van der Waals surface area contributed by atoms with Crippen molar-refractivity contribution in [3.8, 4) is 0 Å². The van der Waals surface area contributed by atoms with E-state index in [1.807, 2.05) is 37.3 Å². The number of thioether (sulfide) groups is 1. The highest BCUT2D eigenvalue weighted by atomic mass is 32.2. The lowest BCUT2D eigenvalue weighted by atomic mass is 9.94. The van der Waals surface area contributed by atoms with E-state index < -0.39 is 11.5 Å². The summed E-state index contributed by atoms with van der Waals surface area (Å²) in [5.74, 6) is -1.04. The van der Waals surface area contributed by atoms with Gasteiger partial charge in [0, 0.05) is 11.5 Å². The van der Waals surface area contributed by atoms with E-state index in [-0.39, 0.29) is 24.2 Å². The van der Waals surface area contributed by atoms with E-state index in [0.29, 0.717) is 19.4 Å². The van der Waals surface area contributed by atoms with Crippen molar-refractivity contribution in [2.45, 2.75) is 41.9 Å². The Labute approximate surface area is 134 Å². The average molecular weight is 323 g/mol. The maximum absolute atomic E-state index is 12.5. The quantitative estimate of drug-likeness (QED) is 0.753. The van der Waals surface area contributed by atoms with Crippen LogP contribution in [0.15, 0.2) is 35.2 Å². The second-order valence-corrected chi connectivity index (χ2v) is 6.75. The summed E-state index contributed by atoms with van der Waals surface area (Å²) >= 11 is 1.50. The highest BCUT2D eigenvalue weighted by molar-refractivity contribution is 8.00. The summed E-state index contributed by atoms with van der Waals surface area (Å²) < 4.78 is 5.31. The minimum atomic E-state index is -0.922. The second kappa shape index (κ2) is 7.65. The lowest BCUT2D eigenvalue weighted by Crippen LogP contribution is -2.52. The highest BCUT2D eigenvalue weighted by Crippen LogP contribution is 2.28. The van der Waals surface area contributed by atoms with Gasteiger partial charge in [-0.3, -0.25) is 9.59 Å². The van der Waals surface area contributed by atoms with Gasteiger partial charge in [0.25, 0.3) is 0 Å². The molecule has 0 spiro atoms. The molecule has 2 unspecified atom stereocenters. The zero-order valence-corrected chi connectivity index (χ0v) is 13.4. The smallest absolute Gasteiger partial charge is 0.305 e. The normalized spacial score (nSPS) is 22.2. The van der Waals surface area contributed by atoms with Crippen LogP contribution in [0.5, 0.6) is 0 Å². The molecular formula is C16H21NO4S. The number of ether oxygens (including phenoxy) is 1. The lowest BCUT2D eigenvalue weighted by molar-refractivity contribution is -0.139. The van der Waals surface area contributed by atoms with Crippen molar-refractivity contribution in [1.29, 1.82) is 0 Å². The van der Waals surface area contributed by atoms with Crippen molar-refractivity contribution in [2.24, 2.45) is 0 Å². The van der Waals surface area contributed by atoms with E-state index in [1.54, 1.807) is 0 Å². The summed E-state index contributed by atoms with van der Waals surface area (Å²) in [4.78, 5) is 24.6. The fourth-order valence-electron chi connectivity index (χ4n) is 2.51. The van der Waals surface area contributed by atoms with Crippen LogP contribution in [-0.2, 0) is 14.3 Å². The molecule has 120 valence electrons. The Morgan fingerprint density at radius 2 is 2.14 bits per heavy atom. The van der Waals surface area contributed by atoms with Gasteiger partial charge in [0.05, 0.1) is 23.8 Å². The number of carboxylic acid groups (broad SMARTS) is 1. The van der Waals surface area contributed by atoms with E-state index in [4.69, 9.17) is 9.84 Å². The fourth-order valence-corrected chi connectivity index (χ4v) is 3.48. The predicted octanol–water partition coefficient (Wildman–Crippen LogP) is 2.31. The Morgan fingerprint density at radius 3 is 2.68 bits per heavy atom. The molecule has 1 amide bonds. The van der Waals surface area contributed by atoms with Crippen LogP contribution in [0.3, 0.4) is 0 Å². The van der Waals surface area contributed by atoms with E-state index in [9.17, 15) is 9.59 Å². The number of hydrogen-bond donors (Lipinski definition) is 2. The molecule has 1 aromatic rings. The van der Waals surface area contributed by atoms with Crippen molar-refractivity contribution in [3.63, 3.8) is 0 Å². The molecule has 1 saturated heterocycles. The van der Waals surface area contributed by atoms with E-state index >= 15 is 0 Å². The maximum Gasteiger partial charge on any atom is 0.305 e. The summed E-state index contributed by atoms with van der Waals surface area (Å²) in [7, 11) is 0. The number of hydrogen-bond acceptors (Lipinski definition) is 4. The van der Waals surface area contributed by atoms with Crippen molar-refractivity contribution < 1.29 is 19.4 Å².